The normalized spacial score (nSPS) is 15.5. The predicted molar refractivity (Wildman–Crippen MR) is 101 cm³/mol. The smallest absolute Gasteiger partial charge is 0.233 e. The van der Waals surface area contributed by atoms with Gasteiger partial charge in [0.2, 0.25) is 5.90 Å². The van der Waals surface area contributed by atoms with E-state index < -0.39 is 0 Å². The highest BCUT2D eigenvalue weighted by Gasteiger charge is 2.26. The summed E-state index contributed by atoms with van der Waals surface area (Å²) in [4.78, 5) is 4.63. The number of imidazole rings is 1. The van der Waals surface area contributed by atoms with Gasteiger partial charge >= 0.3 is 0 Å². The van der Waals surface area contributed by atoms with E-state index in [4.69, 9.17) is 21.3 Å². The van der Waals surface area contributed by atoms with Crippen LogP contribution in [0, 0.1) is 16.7 Å². The zero-order chi connectivity index (χ0) is 18.4. The topological polar surface area (TPSA) is 101 Å². The number of nitrogens with two attached hydrogens (primary N) is 1. The zero-order valence-corrected chi connectivity index (χ0v) is 15.9. The summed E-state index contributed by atoms with van der Waals surface area (Å²) in [6.07, 6.45) is 9.19. The van der Waals surface area contributed by atoms with Gasteiger partial charge in [-0.25, -0.2) is 4.98 Å². The Morgan fingerprint density at radius 1 is 1.28 bits per heavy atom. The number of ether oxygens (including phenoxy) is 1. The first-order valence-electron chi connectivity index (χ1n) is 9.63. The molecular formula is C19H33N5O. The van der Waals surface area contributed by atoms with Crippen molar-refractivity contribution in [1.82, 2.24) is 9.55 Å². The van der Waals surface area contributed by atoms with Crippen LogP contribution in [-0.2, 0) is 17.7 Å². The molecule has 0 saturated heterocycles. The van der Waals surface area contributed by atoms with E-state index in [0.717, 1.165) is 31.6 Å². The van der Waals surface area contributed by atoms with Gasteiger partial charge in [-0.1, -0.05) is 32.6 Å². The molecule has 1 aromatic rings. The first-order valence-corrected chi connectivity index (χ1v) is 9.63. The Balaban J connectivity index is 2.41. The van der Waals surface area contributed by atoms with Gasteiger partial charge in [-0.15, -0.1) is 0 Å². The van der Waals surface area contributed by atoms with E-state index in [1.807, 2.05) is 13.8 Å². The summed E-state index contributed by atoms with van der Waals surface area (Å²) in [5, 5.41) is 16.3. The number of rotatable bonds is 8. The average Bonchev–Trinajstić information content (AvgIpc) is 2.92. The second kappa shape index (κ2) is 9.02. The minimum absolute atomic E-state index is 0.0752. The minimum atomic E-state index is -0.0931. The number of hydrogen-bond acceptors (Lipinski definition) is 4. The van der Waals surface area contributed by atoms with E-state index in [1.165, 1.54) is 32.1 Å². The van der Waals surface area contributed by atoms with Crippen LogP contribution in [0.2, 0.25) is 0 Å². The summed E-state index contributed by atoms with van der Waals surface area (Å²) in [6, 6.07) is 0. The van der Waals surface area contributed by atoms with Gasteiger partial charge in [-0.05, 0) is 39.0 Å². The molecular weight excluding hydrogens is 314 g/mol. The third-order valence-electron chi connectivity index (χ3n) is 4.79. The van der Waals surface area contributed by atoms with Crippen LogP contribution in [0.3, 0.4) is 0 Å². The number of nitrogens with one attached hydrogen (secondary N) is 2. The van der Waals surface area contributed by atoms with Crippen LogP contribution >= 0.6 is 0 Å². The highest BCUT2D eigenvalue weighted by atomic mass is 16.5. The van der Waals surface area contributed by atoms with Crippen LogP contribution in [0.1, 0.15) is 82.9 Å². The lowest BCUT2D eigenvalue weighted by Crippen LogP contribution is -2.24. The van der Waals surface area contributed by atoms with Crippen molar-refractivity contribution in [3.63, 3.8) is 0 Å². The third-order valence-corrected chi connectivity index (χ3v) is 4.79. The summed E-state index contributed by atoms with van der Waals surface area (Å²) < 4.78 is 7.76. The lowest BCUT2D eigenvalue weighted by Gasteiger charge is -2.24. The third kappa shape index (κ3) is 5.06. The van der Waals surface area contributed by atoms with Crippen molar-refractivity contribution in [2.24, 2.45) is 11.7 Å². The molecule has 0 aromatic carbocycles. The fourth-order valence-corrected chi connectivity index (χ4v) is 3.56. The van der Waals surface area contributed by atoms with Gasteiger partial charge in [-0.3, -0.25) is 10.8 Å². The lowest BCUT2D eigenvalue weighted by molar-refractivity contribution is 0.224. The maximum Gasteiger partial charge on any atom is 0.233 e. The summed E-state index contributed by atoms with van der Waals surface area (Å²) >= 11 is 0. The largest absolute Gasteiger partial charge is 0.474 e. The highest BCUT2D eigenvalue weighted by molar-refractivity contribution is 6.04. The van der Waals surface area contributed by atoms with Crippen molar-refractivity contribution in [1.29, 1.82) is 10.8 Å². The summed E-state index contributed by atoms with van der Waals surface area (Å²) in [5.74, 6) is 1.52. The van der Waals surface area contributed by atoms with Gasteiger partial charge in [0.15, 0.2) is 0 Å². The SMILES string of the molecule is CCCCc1nc(C(=N)N)c(C(=N)OC(C)C)n1CC1CCCCC1. The number of amidine groups is 1. The fourth-order valence-electron chi connectivity index (χ4n) is 3.56. The van der Waals surface area contributed by atoms with Crippen molar-refractivity contribution in [3.05, 3.63) is 17.2 Å². The molecule has 1 aliphatic carbocycles. The molecule has 2 rings (SSSR count). The maximum absolute atomic E-state index is 8.41. The van der Waals surface area contributed by atoms with Gasteiger partial charge in [0.05, 0.1) is 6.10 Å². The number of aryl methyl sites for hydroxylation is 1. The Morgan fingerprint density at radius 2 is 1.96 bits per heavy atom. The molecule has 0 bridgehead atoms. The molecule has 25 heavy (non-hydrogen) atoms. The summed E-state index contributed by atoms with van der Waals surface area (Å²) in [7, 11) is 0. The second-order valence-electron chi connectivity index (χ2n) is 7.35. The van der Waals surface area contributed by atoms with Gasteiger partial charge in [0.25, 0.3) is 0 Å². The molecule has 1 saturated carbocycles. The van der Waals surface area contributed by atoms with E-state index in [1.54, 1.807) is 0 Å². The Bertz CT molecular complexity index is 599. The molecule has 1 aliphatic rings. The van der Waals surface area contributed by atoms with Crippen LogP contribution in [0.5, 0.6) is 0 Å². The molecule has 0 radical (unpaired) electrons. The molecule has 0 amide bonds. The van der Waals surface area contributed by atoms with Gasteiger partial charge in [0, 0.05) is 13.0 Å². The Morgan fingerprint density at radius 3 is 2.52 bits per heavy atom. The van der Waals surface area contributed by atoms with Crippen LogP contribution < -0.4 is 5.73 Å². The van der Waals surface area contributed by atoms with Gasteiger partial charge < -0.3 is 15.0 Å². The quantitative estimate of drug-likeness (QED) is 0.492. The minimum Gasteiger partial charge on any atom is -0.474 e. The van der Waals surface area contributed by atoms with Crippen LogP contribution in [0.15, 0.2) is 0 Å². The van der Waals surface area contributed by atoms with Gasteiger partial charge in [0.1, 0.15) is 23.0 Å². The molecule has 1 aromatic heterocycles. The van der Waals surface area contributed by atoms with Crippen molar-refractivity contribution < 1.29 is 4.74 Å². The molecule has 140 valence electrons. The molecule has 0 atom stereocenters. The molecule has 1 fully saturated rings. The van der Waals surface area contributed by atoms with E-state index in [2.05, 4.69) is 16.5 Å². The molecule has 1 heterocycles. The molecule has 0 spiro atoms. The predicted octanol–water partition coefficient (Wildman–Crippen LogP) is 3.84. The van der Waals surface area contributed by atoms with E-state index in [9.17, 15) is 0 Å². The average molecular weight is 348 g/mol. The number of aromatic nitrogens is 2. The Hall–Kier alpha value is -1.85. The first kappa shape index (κ1) is 19.5. The number of nitrogen functional groups attached to an aromatic ring is 1. The van der Waals surface area contributed by atoms with Crippen molar-refractivity contribution in [2.45, 2.75) is 84.8 Å². The maximum atomic E-state index is 8.41. The molecule has 4 N–H and O–H groups in total. The number of hydrogen-bond donors (Lipinski definition) is 3. The fraction of sp³-hybridized carbons (Fsp3) is 0.737. The standard InChI is InChI=1S/C19H33N5O/c1-4-5-11-15-23-16(18(20)21)17(19(22)25-13(2)3)24(15)12-14-9-7-6-8-10-14/h13-14,22H,4-12H2,1-3H3,(H3,20,21). The number of nitrogens with zero attached hydrogens (tertiary/aromatic N) is 2. The summed E-state index contributed by atoms with van der Waals surface area (Å²) in [6.45, 7) is 6.81. The van der Waals surface area contributed by atoms with E-state index in [-0.39, 0.29) is 17.8 Å². The van der Waals surface area contributed by atoms with Crippen LogP contribution in [-0.4, -0.2) is 27.4 Å². The number of unbranched alkanes of at least 4 members (excludes halogenated alkanes) is 1. The van der Waals surface area contributed by atoms with Gasteiger partial charge in [-0.2, -0.15) is 0 Å². The van der Waals surface area contributed by atoms with Crippen molar-refractivity contribution in [2.75, 3.05) is 0 Å². The molecule has 0 unspecified atom stereocenters. The first-order chi connectivity index (χ1) is 11.9. The van der Waals surface area contributed by atoms with Crippen LogP contribution in [0.25, 0.3) is 0 Å². The lowest BCUT2D eigenvalue weighted by atomic mass is 9.89. The second-order valence-corrected chi connectivity index (χ2v) is 7.35. The van der Waals surface area contributed by atoms with Crippen molar-refractivity contribution >= 4 is 11.7 Å². The monoisotopic (exact) mass is 347 g/mol. The van der Waals surface area contributed by atoms with Crippen LogP contribution in [0.4, 0.5) is 0 Å². The van der Waals surface area contributed by atoms with E-state index >= 15 is 0 Å². The molecule has 6 heteroatoms. The highest BCUT2D eigenvalue weighted by Crippen LogP contribution is 2.27. The molecule has 0 aliphatic heterocycles. The summed E-state index contributed by atoms with van der Waals surface area (Å²) in [5.41, 5.74) is 6.76. The zero-order valence-electron chi connectivity index (χ0n) is 15.9. The van der Waals surface area contributed by atoms with E-state index in [0.29, 0.717) is 17.3 Å². The van der Waals surface area contributed by atoms with Crippen molar-refractivity contribution in [3.8, 4) is 0 Å². The molecule has 6 nitrogen and oxygen atoms in total. The Kier molecular flexibility index (Phi) is 7.02. The Labute approximate surface area is 151 Å².